The standard InChI is InChI=1S/C15H16N2O3/c18-15(9-2-1-3-9)20-11-4-5-13-12(6-11)14-10(8-19-13)7-16-17-14/h4-7,9,14,16-17H,1-3,8H2. The molecule has 0 spiro atoms. The molecule has 4 rings (SSSR count). The van der Waals surface area contributed by atoms with Crippen molar-refractivity contribution in [2.75, 3.05) is 6.61 Å². The van der Waals surface area contributed by atoms with Crippen molar-refractivity contribution in [1.82, 2.24) is 10.9 Å². The Bertz CT molecular complexity index is 593. The number of esters is 1. The summed E-state index contributed by atoms with van der Waals surface area (Å²) in [4.78, 5) is 11.9. The molecule has 1 atom stereocenters. The predicted octanol–water partition coefficient (Wildman–Crippen LogP) is 1.82. The summed E-state index contributed by atoms with van der Waals surface area (Å²) in [5.41, 5.74) is 8.34. The summed E-state index contributed by atoms with van der Waals surface area (Å²) in [6.45, 7) is 0.582. The molecule has 1 aromatic carbocycles. The minimum absolute atomic E-state index is 0.0870. The first kappa shape index (κ1) is 11.8. The van der Waals surface area contributed by atoms with Crippen LogP contribution in [0.3, 0.4) is 0 Å². The lowest BCUT2D eigenvalue weighted by molar-refractivity contribution is -0.141. The maximum absolute atomic E-state index is 11.9. The fraction of sp³-hybridized carbons (Fsp3) is 0.400. The van der Waals surface area contributed by atoms with Crippen LogP contribution in [0.5, 0.6) is 11.5 Å². The molecule has 1 aromatic rings. The van der Waals surface area contributed by atoms with Gasteiger partial charge in [0.2, 0.25) is 0 Å². The third kappa shape index (κ3) is 1.86. The van der Waals surface area contributed by atoms with Gasteiger partial charge < -0.3 is 14.9 Å². The van der Waals surface area contributed by atoms with Gasteiger partial charge in [0, 0.05) is 17.3 Å². The monoisotopic (exact) mass is 272 g/mol. The number of hydrogen-bond acceptors (Lipinski definition) is 5. The van der Waals surface area contributed by atoms with Crippen LogP contribution < -0.4 is 20.3 Å². The van der Waals surface area contributed by atoms with Gasteiger partial charge in [0.25, 0.3) is 0 Å². The third-order valence-corrected chi connectivity index (χ3v) is 4.20. The maximum atomic E-state index is 11.9. The van der Waals surface area contributed by atoms with Gasteiger partial charge >= 0.3 is 5.97 Å². The van der Waals surface area contributed by atoms with Crippen molar-refractivity contribution in [2.45, 2.75) is 25.3 Å². The number of rotatable bonds is 2. The summed E-state index contributed by atoms with van der Waals surface area (Å²) in [7, 11) is 0. The lowest BCUT2D eigenvalue weighted by atomic mass is 9.86. The molecule has 3 aliphatic rings. The van der Waals surface area contributed by atoms with E-state index in [0.29, 0.717) is 12.4 Å². The smallest absolute Gasteiger partial charge is 0.314 e. The van der Waals surface area contributed by atoms with Crippen LogP contribution in [0.15, 0.2) is 30.0 Å². The molecular weight excluding hydrogens is 256 g/mol. The van der Waals surface area contributed by atoms with Crippen LogP contribution in [-0.4, -0.2) is 12.6 Å². The van der Waals surface area contributed by atoms with E-state index < -0.39 is 0 Å². The van der Waals surface area contributed by atoms with E-state index in [1.54, 1.807) is 6.07 Å². The molecule has 0 aromatic heterocycles. The average molecular weight is 272 g/mol. The molecule has 1 aliphatic carbocycles. The quantitative estimate of drug-likeness (QED) is 0.635. The highest BCUT2D eigenvalue weighted by atomic mass is 16.5. The molecule has 104 valence electrons. The molecule has 5 heteroatoms. The number of benzene rings is 1. The lowest BCUT2D eigenvalue weighted by Gasteiger charge is -2.26. The number of ether oxygens (including phenoxy) is 2. The Kier molecular flexibility index (Phi) is 2.67. The molecule has 2 heterocycles. The molecule has 1 fully saturated rings. The minimum Gasteiger partial charge on any atom is -0.489 e. The Balaban J connectivity index is 1.58. The van der Waals surface area contributed by atoms with Gasteiger partial charge in [-0.2, -0.15) is 0 Å². The Morgan fingerprint density at radius 2 is 2.25 bits per heavy atom. The van der Waals surface area contributed by atoms with Gasteiger partial charge in [0.1, 0.15) is 18.1 Å². The molecule has 0 saturated heterocycles. The summed E-state index contributed by atoms with van der Waals surface area (Å²) >= 11 is 0. The molecule has 2 aliphatic heterocycles. The van der Waals surface area contributed by atoms with E-state index in [1.165, 1.54) is 0 Å². The van der Waals surface area contributed by atoms with E-state index in [-0.39, 0.29) is 17.9 Å². The SMILES string of the molecule is O=C(Oc1ccc2c(c1)C1NNC=C1CO2)C1CCC1. The third-order valence-electron chi connectivity index (χ3n) is 4.20. The Morgan fingerprint density at radius 3 is 3.05 bits per heavy atom. The van der Waals surface area contributed by atoms with E-state index >= 15 is 0 Å². The van der Waals surface area contributed by atoms with E-state index in [1.807, 2.05) is 18.3 Å². The van der Waals surface area contributed by atoms with Gasteiger partial charge in [-0.25, -0.2) is 5.43 Å². The van der Waals surface area contributed by atoms with Crippen LogP contribution in [0.2, 0.25) is 0 Å². The highest BCUT2D eigenvalue weighted by Crippen LogP contribution is 2.38. The molecule has 0 amide bonds. The van der Waals surface area contributed by atoms with Crippen LogP contribution in [0.25, 0.3) is 0 Å². The van der Waals surface area contributed by atoms with Crippen molar-refractivity contribution in [3.63, 3.8) is 0 Å². The van der Waals surface area contributed by atoms with Crippen molar-refractivity contribution in [2.24, 2.45) is 5.92 Å². The lowest BCUT2D eigenvalue weighted by Crippen LogP contribution is -2.29. The van der Waals surface area contributed by atoms with Crippen molar-refractivity contribution >= 4 is 5.97 Å². The normalized spacial score (nSPS) is 23.6. The Morgan fingerprint density at radius 1 is 1.35 bits per heavy atom. The number of hydrogen-bond donors (Lipinski definition) is 2. The molecule has 1 saturated carbocycles. The second kappa shape index (κ2) is 4.52. The van der Waals surface area contributed by atoms with Crippen molar-refractivity contribution < 1.29 is 14.3 Å². The fourth-order valence-electron chi connectivity index (χ4n) is 2.75. The number of carbonyl (C=O) groups is 1. The van der Waals surface area contributed by atoms with Gasteiger partial charge in [-0.3, -0.25) is 4.79 Å². The average Bonchev–Trinajstić information content (AvgIpc) is 2.85. The first-order chi connectivity index (χ1) is 9.81. The molecule has 5 nitrogen and oxygen atoms in total. The number of nitrogens with one attached hydrogen (secondary N) is 2. The van der Waals surface area contributed by atoms with Gasteiger partial charge in [-0.05, 0) is 31.0 Å². The van der Waals surface area contributed by atoms with Gasteiger partial charge in [0.05, 0.1) is 12.0 Å². The Hall–Kier alpha value is -2.01. The topological polar surface area (TPSA) is 59.6 Å². The maximum Gasteiger partial charge on any atom is 0.314 e. The summed E-state index contributed by atoms with van der Waals surface area (Å²) in [5, 5.41) is 0. The molecule has 0 radical (unpaired) electrons. The molecular formula is C15H16N2O3. The van der Waals surface area contributed by atoms with Gasteiger partial charge in [-0.1, -0.05) is 6.42 Å². The Labute approximate surface area is 116 Å². The van der Waals surface area contributed by atoms with E-state index in [0.717, 1.165) is 36.1 Å². The number of carbonyl (C=O) groups excluding carboxylic acids is 1. The van der Waals surface area contributed by atoms with E-state index in [4.69, 9.17) is 9.47 Å². The second-order valence-corrected chi connectivity index (χ2v) is 5.48. The van der Waals surface area contributed by atoms with Gasteiger partial charge in [-0.15, -0.1) is 0 Å². The summed E-state index contributed by atoms with van der Waals surface area (Å²) in [6.07, 6.45) is 4.95. The number of hydrazine groups is 1. The summed E-state index contributed by atoms with van der Waals surface area (Å²) in [6, 6.07) is 5.66. The van der Waals surface area contributed by atoms with Crippen molar-refractivity contribution in [3.8, 4) is 11.5 Å². The van der Waals surface area contributed by atoms with Crippen LogP contribution in [0.4, 0.5) is 0 Å². The summed E-state index contributed by atoms with van der Waals surface area (Å²) in [5.74, 6) is 1.41. The summed E-state index contributed by atoms with van der Waals surface area (Å²) < 4.78 is 11.2. The van der Waals surface area contributed by atoms with Crippen molar-refractivity contribution in [1.29, 1.82) is 0 Å². The van der Waals surface area contributed by atoms with E-state index in [2.05, 4.69) is 10.9 Å². The molecule has 1 unspecified atom stereocenters. The van der Waals surface area contributed by atoms with Crippen LogP contribution >= 0.6 is 0 Å². The predicted molar refractivity (Wildman–Crippen MR) is 72.0 cm³/mol. The van der Waals surface area contributed by atoms with Crippen LogP contribution in [0.1, 0.15) is 30.9 Å². The van der Waals surface area contributed by atoms with Crippen LogP contribution in [0, 0.1) is 5.92 Å². The zero-order valence-corrected chi connectivity index (χ0v) is 11.0. The van der Waals surface area contributed by atoms with Crippen LogP contribution in [-0.2, 0) is 4.79 Å². The molecule has 20 heavy (non-hydrogen) atoms. The first-order valence-corrected chi connectivity index (χ1v) is 7.00. The zero-order valence-electron chi connectivity index (χ0n) is 11.0. The number of fused-ring (bicyclic) bond motifs is 3. The first-order valence-electron chi connectivity index (χ1n) is 7.00. The minimum atomic E-state index is -0.110. The molecule has 0 bridgehead atoms. The second-order valence-electron chi connectivity index (χ2n) is 5.48. The van der Waals surface area contributed by atoms with Gasteiger partial charge in [0.15, 0.2) is 0 Å². The zero-order chi connectivity index (χ0) is 13.5. The van der Waals surface area contributed by atoms with Crippen molar-refractivity contribution in [3.05, 3.63) is 35.5 Å². The highest BCUT2D eigenvalue weighted by molar-refractivity contribution is 5.76. The highest BCUT2D eigenvalue weighted by Gasteiger charge is 2.30. The molecule has 2 N–H and O–H groups in total. The van der Waals surface area contributed by atoms with E-state index in [9.17, 15) is 4.79 Å². The fourth-order valence-corrected chi connectivity index (χ4v) is 2.75. The largest absolute Gasteiger partial charge is 0.489 e.